The molecule has 0 saturated heterocycles. The minimum Gasteiger partial charge on any atom is -0.490 e. The van der Waals surface area contributed by atoms with E-state index in [0.29, 0.717) is 35.7 Å². The molecule has 3 aromatic rings. The number of rotatable bonds is 6. The number of hydrogen-bond donors (Lipinski definition) is 1. The molecule has 2 aromatic carbocycles. The Morgan fingerprint density at radius 1 is 1.28 bits per heavy atom. The van der Waals surface area contributed by atoms with Gasteiger partial charge >= 0.3 is 0 Å². The largest absolute Gasteiger partial charge is 0.490 e. The Hall–Kier alpha value is -2.58. The maximum Gasteiger partial charge on any atom is 0.229 e. The van der Waals surface area contributed by atoms with E-state index in [9.17, 15) is 4.79 Å². The van der Waals surface area contributed by atoms with Crippen LogP contribution in [0.2, 0.25) is 5.02 Å². The summed E-state index contributed by atoms with van der Waals surface area (Å²) in [4.78, 5) is 16.2. The van der Waals surface area contributed by atoms with Crippen molar-refractivity contribution in [1.29, 1.82) is 0 Å². The van der Waals surface area contributed by atoms with Crippen LogP contribution in [0.3, 0.4) is 0 Å². The van der Waals surface area contributed by atoms with E-state index in [-0.39, 0.29) is 18.4 Å². The second kappa shape index (κ2) is 8.42. The highest BCUT2D eigenvalue weighted by Crippen LogP contribution is 2.41. The number of halogens is 2. The monoisotopic (exact) mass is 476 g/mol. The lowest BCUT2D eigenvalue weighted by Gasteiger charge is -2.25. The molecule has 1 aliphatic heterocycles. The number of amides is 1. The maximum absolute atomic E-state index is 12.1. The number of fused-ring (bicyclic) bond motifs is 1. The molecular formula is C20H18BrClN4O3. The van der Waals surface area contributed by atoms with Gasteiger partial charge in [0.1, 0.15) is 12.9 Å². The maximum atomic E-state index is 12.1. The van der Waals surface area contributed by atoms with Gasteiger partial charge in [-0.1, -0.05) is 23.7 Å². The average Bonchev–Trinajstić information content (AvgIpc) is 3.16. The van der Waals surface area contributed by atoms with Crippen molar-refractivity contribution in [3.05, 3.63) is 63.3 Å². The molecule has 0 unspecified atom stereocenters. The van der Waals surface area contributed by atoms with E-state index >= 15 is 0 Å². The fraction of sp³-hybridized carbons (Fsp3) is 0.250. The second-order valence-electron chi connectivity index (χ2n) is 6.47. The first-order valence-corrected chi connectivity index (χ1v) is 10.2. The van der Waals surface area contributed by atoms with Crippen LogP contribution in [0, 0.1) is 0 Å². The van der Waals surface area contributed by atoms with Gasteiger partial charge in [0.05, 0.1) is 23.5 Å². The van der Waals surface area contributed by atoms with Crippen molar-refractivity contribution in [2.75, 3.05) is 11.9 Å². The Labute approximate surface area is 181 Å². The predicted octanol–water partition coefficient (Wildman–Crippen LogP) is 4.60. The van der Waals surface area contributed by atoms with Crippen molar-refractivity contribution in [3.63, 3.8) is 0 Å². The number of carbonyl (C=O) groups is 1. The second-order valence-corrected chi connectivity index (χ2v) is 7.77. The van der Waals surface area contributed by atoms with Gasteiger partial charge < -0.3 is 9.47 Å². The molecular weight excluding hydrogens is 460 g/mol. The Morgan fingerprint density at radius 3 is 2.83 bits per heavy atom. The van der Waals surface area contributed by atoms with Crippen molar-refractivity contribution < 1.29 is 14.3 Å². The van der Waals surface area contributed by atoms with Crippen LogP contribution < -0.4 is 14.8 Å². The predicted molar refractivity (Wildman–Crippen MR) is 113 cm³/mol. The number of anilines is 1. The molecule has 7 nitrogen and oxygen atoms in total. The van der Waals surface area contributed by atoms with Gasteiger partial charge in [0.25, 0.3) is 0 Å². The number of ether oxygens (including phenoxy) is 2. The summed E-state index contributed by atoms with van der Waals surface area (Å²) in [6, 6.07) is 11.0. The van der Waals surface area contributed by atoms with Gasteiger partial charge in [-0.25, -0.2) is 4.68 Å². The molecule has 1 aromatic heterocycles. The molecule has 1 atom stereocenters. The molecule has 1 aliphatic rings. The summed E-state index contributed by atoms with van der Waals surface area (Å²) in [6.45, 7) is 2.76. The summed E-state index contributed by atoms with van der Waals surface area (Å²) >= 11 is 9.54. The van der Waals surface area contributed by atoms with Crippen LogP contribution in [0.1, 0.15) is 30.5 Å². The lowest BCUT2D eigenvalue weighted by molar-refractivity contribution is -0.117. The summed E-state index contributed by atoms with van der Waals surface area (Å²) in [5.41, 5.74) is 1.87. The summed E-state index contributed by atoms with van der Waals surface area (Å²) in [5, 5.41) is 7.65. The average molecular weight is 478 g/mol. The van der Waals surface area contributed by atoms with E-state index in [4.69, 9.17) is 21.1 Å². The van der Waals surface area contributed by atoms with E-state index < -0.39 is 0 Å². The number of carbonyl (C=O) groups excluding carboxylic acids is 1. The van der Waals surface area contributed by atoms with E-state index in [0.717, 1.165) is 15.6 Å². The van der Waals surface area contributed by atoms with E-state index in [1.54, 1.807) is 4.68 Å². The Kier molecular flexibility index (Phi) is 5.73. The fourth-order valence-electron chi connectivity index (χ4n) is 3.18. The van der Waals surface area contributed by atoms with Gasteiger partial charge in [0.15, 0.2) is 11.5 Å². The summed E-state index contributed by atoms with van der Waals surface area (Å²) < 4.78 is 14.3. The van der Waals surface area contributed by atoms with Gasteiger partial charge in [-0.3, -0.25) is 10.1 Å². The number of hydrogen-bond acceptors (Lipinski definition) is 5. The molecule has 9 heteroatoms. The molecule has 0 spiro atoms. The summed E-state index contributed by atoms with van der Waals surface area (Å²) in [5.74, 6) is 1.53. The lowest BCUT2D eigenvalue weighted by atomic mass is 10.0. The SMILES string of the molecule is CCOc1cc([C@H]2CC(=O)Nc3ncnn32)cc(Br)c1OCc1ccc(Cl)cc1. The first-order valence-electron chi connectivity index (χ1n) is 9.08. The number of aromatic nitrogens is 3. The molecule has 4 rings (SSSR count). The highest BCUT2D eigenvalue weighted by molar-refractivity contribution is 9.10. The molecule has 1 N–H and O–H groups in total. The molecule has 0 aliphatic carbocycles. The Bertz CT molecular complexity index is 1040. The zero-order valence-corrected chi connectivity index (χ0v) is 17.9. The Morgan fingerprint density at radius 2 is 2.07 bits per heavy atom. The molecule has 1 amide bonds. The minimum atomic E-state index is -0.276. The third kappa shape index (κ3) is 4.23. The number of nitrogens with one attached hydrogen (secondary N) is 1. The van der Waals surface area contributed by atoms with Crippen LogP contribution in [0.5, 0.6) is 11.5 Å². The fourth-order valence-corrected chi connectivity index (χ4v) is 3.88. The van der Waals surface area contributed by atoms with Crippen molar-refractivity contribution >= 4 is 39.4 Å². The molecule has 2 heterocycles. The summed E-state index contributed by atoms with van der Waals surface area (Å²) in [7, 11) is 0. The first kappa shape index (κ1) is 19.7. The molecule has 0 radical (unpaired) electrons. The van der Waals surface area contributed by atoms with Crippen molar-refractivity contribution in [3.8, 4) is 11.5 Å². The normalized spacial score (nSPS) is 15.6. The smallest absolute Gasteiger partial charge is 0.229 e. The number of nitrogens with zero attached hydrogens (tertiary/aromatic N) is 3. The van der Waals surface area contributed by atoms with Gasteiger partial charge in [-0.15, -0.1) is 0 Å². The zero-order chi connectivity index (χ0) is 20.4. The number of benzene rings is 2. The molecule has 29 heavy (non-hydrogen) atoms. The van der Waals surface area contributed by atoms with Crippen molar-refractivity contribution in [1.82, 2.24) is 14.8 Å². The highest BCUT2D eigenvalue weighted by Gasteiger charge is 2.29. The molecule has 150 valence electrons. The molecule has 0 fully saturated rings. The third-order valence-electron chi connectivity index (χ3n) is 4.51. The molecule has 0 saturated carbocycles. The summed E-state index contributed by atoms with van der Waals surface area (Å²) in [6.07, 6.45) is 1.69. The van der Waals surface area contributed by atoms with Crippen molar-refractivity contribution in [2.24, 2.45) is 0 Å². The topological polar surface area (TPSA) is 78.3 Å². The third-order valence-corrected chi connectivity index (χ3v) is 5.35. The van der Waals surface area contributed by atoms with Crippen LogP contribution in [0.4, 0.5) is 5.95 Å². The zero-order valence-electron chi connectivity index (χ0n) is 15.6. The van der Waals surface area contributed by atoms with E-state index in [2.05, 4.69) is 31.3 Å². The van der Waals surface area contributed by atoms with E-state index in [1.807, 2.05) is 43.3 Å². The van der Waals surface area contributed by atoms with Crippen LogP contribution in [-0.4, -0.2) is 27.3 Å². The van der Waals surface area contributed by atoms with Gasteiger partial charge in [0.2, 0.25) is 11.9 Å². The highest BCUT2D eigenvalue weighted by atomic mass is 79.9. The van der Waals surface area contributed by atoms with Crippen LogP contribution >= 0.6 is 27.5 Å². The standard InChI is InChI=1S/C20H18BrClN4O3/c1-2-28-17-8-13(16-9-18(27)25-20-23-11-24-26(16)20)7-15(21)19(17)29-10-12-3-5-14(22)6-4-12/h3-8,11,16H,2,9-10H2,1H3,(H,23,24,25,27)/t16-/m1/s1. The van der Waals surface area contributed by atoms with E-state index in [1.165, 1.54) is 6.33 Å². The minimum absolute atomic E-state index is 0.104. The lowest BCUT2D eigenvalue weighted by Crippen LogP contribution is -2.29. The van der Waals surface area contributed by atoms with Gasteiger partial charge in [-0.05, 0) is 58.2 Å². The quantitative estimate of drug-likeness (QED) is 0.561. The van der Waals surface area contributed by atoms with Crippen LogP contribution in [-0.2, 0) is 11.4 Å². The van der Waals surface area contributed by atoms with Crippen molar-refractivity contribution in [2.45, 2.75) is 26.0 Å². The van der Waals surface area contributed by atoms with Crippen LogP contribution in [0.15, 0.2) is 47.2 Å². The van der Waals surface area contributed by atoms with Gasteiger partial charge in [0, 0.05) is 5.02 Å². The van der Waals surface area contributed by atoms with Crippen LogP contribution in [0.25, 0.3) is 0 Å². The first-order chi connectivity index (χ1) is 14.0. The molecule has 0 bridgehead atoms. The Balaban J connectivity index is 1.65. The van der Waals surface area contributed by atoms with Gasteiger partial charge in [-0.2, -0.15) is 10.1 Å².